The van der Waals surface area contributed by atoms with E-state index in [-0.39, 0.29) is 25.7 Å². The molecule has 0 bridgehead atoms. The normalized spacial score (nSPS) is 16.9. The van der Waals surface area contributed by atoms with E-state index in [1.54, 1.807) is 18.7 Å². The van der Waals surface area contributed by atoms with Crippen LogP contribution in [0.2, 0.25) is 0 Å². The van der Waals surface area contributed by atoms with Crippen molar-refractivity contribution in [1.29, 1.82) is 0 Å². The monoisotopic (exact) mass is 320 g/mol. The van der Waals surface area contributed by atoms with Crippen molar-refractivity contribution in [1.82, 2.24) is 0 Å². The standard InChI is InChI=1S/C15H16N2O4S/c1-2-20-14(19)8-17-11-7-10(15-16-5-6-22-15)3-4-12(11)21-9-13(17)18/h3-4,7H,2,5-6,8-9H2,1H3. The number of thioether (sulfide) groups is 1. The van der Waals surface area contributed by atoms with Crippen LogP contribution in [0.25, 0.3) is 0 Å². The van der Waals surface area contributed by atoms with E-state index in [2.05, 4.69) is 4.99 Å². The van der Waals surface area contributed by atoms with Crippen LogP contribution in [0.4, 0.5) is 5.69 Å². The summed E-state index contributed by atoms with van der Waals surface area (Å²) in [5.41, 5.74) is 1.53. The van der Waals surface area contributed by atoms with E-state index in [0.717, 1.165) is 22.9 Å². The van der Waals surface area contributed by atoms with Crippen LogP contribution in [0.3, 0.4) is 0 Å². The Bertz CT molecular complexity index is 644. The average molecular weight is 320 g/mol. The lowest BCUT2D eigenvalue weighted by Crippen LogP contribution is -2.42. The highest BCUT2D eigenvalue weighted by Gasteiger charge is 2.28. The average Bonchev–Trinajstić information content (AvgIpc) is 3.04. The van der Waals surface area contributed by atoms with Crippen LogP contribution in [-0.2, 0) is 14.3 Å². The van der Waals surface area contributed by atoms with Crippen molar-refractivity contribution in [3.63, 3.8) is 0 Å². The number of aliphatic imine (C=N–C) groups is 1. The van der Waals surface area contributed by atoms with Gasteiger partial charge in [0.05, 0.1) is 17.3 Å². The highest BCUT2D eigenvalue weighted by atomic mass is 32.2. The second-order valence-electron chi connectivity index (χ2n) is 4.79. The van der Waals surface area contributed by atoms with E-state index in [1.165, 1.54) is 4.90 Å². The second kappa shape index (κ2) is 6.39. The zero-order valence-corrected chi connectivity index (χ0v) is 13.0. The van der Waals surface area contributed by atoms with Crippen molar-refractivity contribution in [3.8, 4) is 5.75 Å². The van der Waals surface area contributed by atoms with Crippen LogP contribution in [0.15, 0.2) is 23.2 Å². The van der Waals surface area contributed by atoms with E-state index in [4.69, 9.17) is 9.47 Å². The van der Waals surface area contributed by atoms with Crippen molar-refractivity contribution in [2.24, 2.45) is 4.99 Å². The third-order valence-corrected chi connectivity index (χ3v) is 4.35. The number of hydrogen-bond donors (Lipinski definition) is 0. The van der Waals surface area contributed by atoms with Gasteiger partial charge in [-0.1, -0.05) is 0 Å². The number of hydrogen-bond acceptors (Lipinski definition) is 6. The molecule has 116 valence electrons. The smallest absolute Gasteiger partial charge is 0.326 e. The Morgan fingerprint density at radius 1 is 1.50 bits per heavy atom. The molecule has 1 aromatic rings. The summed E-state index contributed by atoms with van der Waals surface area (Å²) in [7, 11) is 0. The maximum Gasteiger partial charge on any atom is 0.326 e. The fourth-order valence-electron chi connectivity index (χ4n) is 2.35. The predicted octanol–water partition coefficient (Wildman–Crippen LogP) is 1.47. The Labute approximate surface area is 132 Å². The van der Waals surface area contributed by atoms with Gasteiger partial charge < -0.3 is 9.47 Å². The van der Waals surface area contributed by atoms with E-state index in [1.807, 2.05) is 18.2 Å². The molecule has 0 radical (unpaired) electrons. The molecule has 2 aliphatic heterocycles. The van der Waals surface area contributed by atoms with Crippen LogP contribution in [0.1, 0.15) is 12.5 Å². The number of rotatable bonds is 4. The van der Waals surface area contributed by atoms with Gasteiger partial charge in [-0.05, 0) is 25.1 Å². The van der Waals surface area contributed by atoms with E-state index in [9.17, 15) is 9.59 Å². The number of anilines is 1. The molecular weight excluding hydrogens is 304 g/mol. The molecule has 0 saturated carbocycles. The van der Waals surface area contributed by atoms with Crippen molar-refractivity contribution in [2.75, 3.05) is 37.0 Å². The number of carbonyl (C=O) groups excluding carboxylic acids is 2. The first-order valence-electron chi connectivity index (χ1n) is 7.09. The van der Waals surface area contributed by atoms with Crippen molar-refractivity contribution < 1.29 is 19.1 Å². The predicted molar refractivity (Wildman–Crippen MR) is 84.8 cm³/mol. The number of ether oxygens (including phenoxy) is 2. The first-order valence-corrected chi connectivity index (χ1v) is 8.08. The molecule has 0 spiro atoms. The first-order chi connectivity index (χ1) is 10.7. The summed E-state index contributed by atoms with van der Waals surface area (Å²) in [4.78, 5) is 29.7. The lowest BCUT2D eigenvalue weighted by Gasteiger charge is -2.29. The third-order valence-electron chi connectivity index (χ3n) is 3.33. The highest BCUT2D eigenvalue weighted by Crippen LogP contribution is 2.34. The van der Waals surface area contributed by atoms with Gasteiger partial charge in [0.15, 0.2) is 6.61 Å². The van der Waals surface area contributed by atoms with E-state index >= 15 is 0 Å². The summed E-state index contributed by atoms with van der Waals surface area (Å²) in [6, 6.07) is 5.59. The molecular formula is C15H16N2O4S. The molecule has 0 aliphatic carbocycles. The molecule has 0 N–H and O–H groups in total. The Morgan fingerprint density at radius 2 is 2.36 bits per heavy atom. The molecule has 7 heteroatoms. The number of esters is 1. The summed E-state index contributed by atoms with van der Waals surface area (Å²) in [6.07, 6.45) is 0. The van der Waals surface area contributed by atoms with Crippen molar-refractivity contribution >= 4 is 34.4 Å². The van der Waals surface area contributed by atoms with Gasteiger partial charge in [0, 0.05) is 17.9 Å². The fourth-order valence-corrected chi connectivity index (χ4v) is 3.21. The van der Waals surface area contributed by atoms with Crippen LogP contribution in [-0.4, -0.2) is 49.0 Å². The van der Waals surface area contributed by atoms with E-state index in [0.29, 0.717) is 11.4 Å². The number of fused-ring (bicyclic) bond motifs is 1. The molecule has 3 rings (SSSR count). The number of carbonyl (C=O) groups is 2. The lowest BCUT2D eigenvalue weighted by molar-refractivity contribution is -0.142. The largest absolute Gasteiger partial charge is 0.482 e. The molecule has 2 heterocycles. The number of benzene rings is 1. The second-order valence-corrected chi connectivity index (χ2v) is 5.88. The zero-order chi connectivity index (χ0) is 15.5. The van der Waals surface area contributed by atoms with Crippen molar-refractivity contribution in [2.45, 2.75) is 6.92 Å². The van der Waals surface area contributed by atoms with Gasteiger partial charge >= 0.3 is 5.97 Å². The molecule has 1 amide bonds. The molecule has 0 saturated heterocycles. The van der Waals surface area contributed by atoms with E-state index < -0.39 is 5.97 Å². The number of amides is 1. The Kier molecular flexibility index (Phi) is 4.33. The topological polar surface area (TPSA) is 68.2 Å². The quantitative estimate of drug-likeness (QED) is 0.786. The Hall–Kier alpha value is -2.02. The van der Waals surface area contributed by atoms with Gasteiger partial charge in [-0.15, -0.1) is 11.8 Å². The molecule has 0 fully saturated rings. The SMILES string of the molecule is CCOC(=O)CN1C(=O)COc2ccc(C3=NCCS3)cc21. The minimum atomic E-state index is -0.429. The molecule has 6 nitrogen and oxygen atoms in total. The van der Waals surface area contributed by atoms with Gasteiger partial charge in [-0.25, -0.2) is 0 Å². The lowest BCUT2D eigenvalue weighted by atomic mass is 10.1. The first kappa shape index (κ1) is 14.9. The molecule has 1 aromatic carbocycles. The Morgan fingerprint density at radius 3 is 3.09 bits per heavy atom. The highest BCUT2D eigenvalue weighted by molar-refractivity contribution is 8.14. The fraction of sp³-hybridized carbons (Fsp3) is 0.400. The summed E-state index contributed by atoms with van der Waals surface area (Å²) < 4.78 is 10.4. The third kappa shape index (κ3) is 2.94. The van der Waals surface area contributed by atoms with Crippen LogP contribution < -0.4 is 9.64 Å². The van der Waals surface area contributed by atoms with Crippen LogP contribution in [0.5, 0.6) is 5.75 Å². The maximum atomic E-state index is 12.1. The molecule has 0 unspecified atom stereocenters. The van der Waals surface area contributed by atoms with Gasteiger partial charge in [0.2, 0.25) is 0 Å². The minimum Gasteiger partial charge on any atom is -0.482 e. The van der Waals surface area contributed by atoms with Crippen molar-refractivity contribution in [3.05, 3.63) is 23.8 Å². The zero-order valence-electron chi connectivity index (χ0n) is 12.2. The molecule has 0 atom stereocenters. The van der Waals surface area contributed by atoms with Gasteiger partial charge in [-0.2, -0.15) is 0 Å². The molecule has 0 aromatic heterocycles. The van der Waals surface area contributed by atoms with Crippen LogP contribution in [0, 0.1) is 0 Å². The van der Waals surface area contributed by atoms with Gasteiger partial charge in [0.1, 0.15) is 12.3 Å². The van der Waals surface area contributed by atoms with Crippen LogP contribution >= 0.6 is 11.8 Å². The summed E-state index contributed by atoms with van der Waals surface area (Å²) in [6.45, 7) is 2.66. The molecule has 2 aliphatic rings. The van der Waals surface area contributed by atoms with Gasteiger partial charge in [-0.3, -0.25) is 19.5 Å². The number of nitrogens with zero attached hydrogens (tertiary/aromatic N) is 2. The van der Waals surface area contributed by atoms with Gasteiger partial charge in [0.25, 0.3) is 5.91 Å². The maximum absolute atomic E-state index is 12.1. The minimum absolute atomic E-state index is 0.0680. The summed E-state index contributed by atoms with van der Waals surface area (Å²) in [5.74, 6) is 0.880. The molecule has 22 heavy (non-hydrogen) atoms. The summed E-state index contributed by atoms with van der Waals surface area (Å²) >= 11 is 1.68. The Balaban J connectivity index is 1.91. The summed E-state index contributed by atoms with van der Waals surface area (Å²) in [5, 5.41) is 0.955.